The normalized spacial score (nSPS) is 10.5. The van der Waals surface area contributed by atoms with Crippen LogP contribution < -0.4 is 10.5 Å². The van der Waals surface area contributed by atoms with Crippen molar-refractivity contribution in [1.29, 1.82) is 0 Å². The largest absolute Gasteiger partial charge is 0.405 e. The van der Waals surface area contributed by atoms with E-state index in [-0.39, 0.29) is 5.69 Å². The minimum atomic E-state index is -0.457. The zero-order valence-electron chi connectivity index (χ0n) is 7.88. The molecule has 0 spiro atoms. The number of nitrogens with zero attached hydrogens (tertiary/aromatic N) is 1. The Kier molecular flexibility index (Phi) is 3.99. The molecule has 15 heavy (non-hydrogen) atoms. The molecule has 5 nitrogen and oxygen atoms in total. The van der Waals surface area contributed by atoms with Gasteiger partial charge in [0.1, 0.15) is 5.69 Å². The summed E-state index contributed by atoms with van der Waals surface area (Å²) >= 11 is 3.82. The Morgan fingerprint density at radius 2 is 2.33 bits per heavy atom. The zero-order valence-corrected chi connectivity index (χ0v) is 8.78. The standard InChI is InChI=1S/C9H11N3O2S/c10-5-1-2-7-3-4-9(12(13)14)8(6-7)11-15/h1,3-6,11,15H,2,10H2. The van der Waals surface area contributed by atoms with Gasteiger partial charge in [0.05, 0.1) is 4.92 Å². The Morgan fingerprint density at radius 3 is 2.87 bits per heavy atom. The number of thiol groups is 1. The highest BCUT2D eigenvalue weighted by Gasteiger charge is 2.12. The van der Waals surface area contributed by atoms with Crippen LogP contribution in [0.25, 0.3) is 0 Å². The van der Waals surface area contributed by atoms with Crippen LogP contribution in [0, 0.1) is 10.1 Å². The maximum atomic E-state index is 10.6. The minimum Gasteiger partial charge on any atom is -0.405 e. The van der Waals surface area contributed by atoms with Crippen LogP contribution >= 0.6 is 12.8 Å². The molecule has 0 aliphatic rings. The quantitative estimate of drug-likeness (QED) is 0.415. The number of nitro benzene ring substituents is 1. The number of nitro groups is 1. The van der Waals surface area contributed by atoms with Gasteiger partial charge < -0.3 is 10.5 Å². The van der Waals surface area contributed by atoms with Crippen molar-refractivity contribution in [3.8, 4) is 0 Å². The van der Waals surface area contributed by atoms with Gasteiger partial charge in [-0.1, -0.05) is 25.0 Å². The Balaban J connectivity index is 3.02. The fourth-order valence-electron chi connectivity index (χ4n) is 1.16. The van der Waals surface area contributed by atoms with Crippen molar-refractivity contribution in [3.05, 3.63) is 46.2 Å². The van der Waals surface area contributed by atoms with E-state index in [1.54, 1.807) is 18.2 Å². The highest BCUT2D eigenvalue weighted by molar-refractivity contribution is 7.81. The molecule has 0 unspecified atom stereocenters. The lowest BCUT2D eigenvalue weighted by molar-refractivity contribution is -0.383. The van der Waals surface area contributed by atoms with Crippen LogP contribution in [0.15, 0.2) is 30.5 Å². The van der Waals surface area contributed by atoms with Crippen molar-refractivity contribution >= 4 is 24.2 Å². The van der Waals surface area contributed by atoms with Crippen LogP contribution in [0.1, 0.15) is 5.56 Å². The Morgan fingerprint density at radius 1 is 1.60 bits per heavy atom. The molecule has 0 aliphatic heterocycles. The number of nitrogens with two attached hydrogens (primary N) is 1. The summed E-state index contributed by atoms with van der Waals surface area (Å²) < 4.78 is 2.49. The molecular weight excluding hydrogens is 214 g/mol. The van der Waals surface area contributed by atoms with Crippen molar-refractivity contribution < 1.29 is 4.92 Å². The fourth-order valence-corrected chi connectivity index (χ4v) is 1.34. The van der Waals surface area contributed by atoms with Gasteiger partial charge in [-0.05, 0) is 24.3 Å². The molecule has 1 aromatic carbocycles. The summed E-state index contributed by atoms with van der Waals surface area (Å²) in [5.74, 6) is 0. The average molecular weight is 225 g/mol. The number of rotatable bonds is 4. The summed E-state index contributed by atoms with van der Waals surface area (Å²) in [6.45, 7) is 0. The van der Waals surface area contributed by atoms with Crippen molar-refractivity contribution in [3.63, 3.8) is 0 Å². The van der Waals surface area contributed by atoms with E-state index in [9.17, 15) is 10.1 Å². The molecule has 6 heteroatoms. The van der Waals surface area contributed by atoms with E-state index >= 15 is 0 Å². The summed E-state index contributed by atoms with van der Waals surface area (Å²) in [6.07, 6.45) is 3.84. The third kappa shape index (κ3) is 2.88. The van der Waals surface area contributed by atoms with Crippen LogP contribution in [0.3, 0.4) is 0 Å². The fraction of sp³-hybridized carbons (Fsp3) is 0.111. The maximum Gasteiger partial charge on any atom is 0.293 e. The Bertz CT molecular complexity index is 393. The summed E-state index contributed by atoms with van der Waals surface area (Å²) in [7, 11) is 0. The molecule has 0 aliphatic carbocycles. The zero-order chi connectivity index (χ0) is 11.3. The van der Waals surface area contributed by atoms with Gasteiger partial charge in [-0.3, -0.25) is 10.1 Å². The van der Waals surface area contributed by atoms with Gasteiger partial charge in [0.2, 0.25) is 0 Å². The molecule has 0 atom stereocenters. The first-order valence-electron chi connectivity index (χ1n) is 4.23. The second kappa shape index (κ2) is 5.26. The molecule has 0 heterocycles. The molecule has 80 valence electrons. The Labute approximate surface area is 92.7 Å². The predicted octanol–water partition coefficient (Wildman–Crippen LogP) is 1.87. The van der Waals surface area contributed by atoms with Gasteiger partial charge in [-0.15, -0.1) is 0 Å². The van der Waals surface area contributed by atoms with Crippen molar-refractivity contribution in [2.75, 3.05) is 4.72 Å². The summed E-state index contributed by atoms with van der Waals surface area (Å²) in [6, 6.07) is 4.80. The summed E-state index contributed by atoms with van der Waals surface area (Å²) in [5.41, 5.74) is 6.52. The lowest BCUT2D eigenvalue weighted by Crippen LogP contribution is -1.95. The number of hydrogen-bond donors (Lipinski definition) is 3. The molecule has 1 rings (SSSR count). The average Bonchev–Trinajstić information content (AvgIpc) is 2.25. The van der Waals surface area contributed by atoms with E-state index in [0.29, 0.717) is 12.1 Å². The van der Waals surface area contributed by atoms with Crippen LogP contribution in [-0.4, -0.2) is 4.92 Å². The van der Waals surface area contributed by atoms with E-state index in [1.807, 2.05) is 0 Å². The highest BCUT2D eigenvalue weighted by atomic mass is 32.1. The number of benzene rings is 1. The molecule has 0 fully saturated rings. The van der Waals surface area contributed by atoms with Gasteiger partial charge in [-0.2, -0.15) is 0 Å². The minimum absolute atomic E-state index is 0.00507. The van der Waals surface area contributed by atoms with Crippen LogP contribution in [-0.2, 0) is 6.42 Å². The van der Waals surface area contributed by atoms with E-state index < -0.39 is 4.92 Å². The molecular formula is C9H11N3O2S. The van der Waals surface area contributed by atoms with Crippen LogP contribution in [0.4, 0.5) is 11.4 Å². The van der Waals surface area contributed by atoms with Gasteiger partial charge in [0.15, 0.2) is 0 Å². The van der Waals surface area contributed by atoms with Crippen molar-refractivity contribution in [2.45, 2.75) is 6.42 Å². The SMILES string of the molecule is NC=CCc1ccc([N+](=O)[O-])c(NS)c1. The molecule has 0 bridgehead atoms. The van der Waals surface area contributed by atoms with E-state index in [1.165, 1.54) is 12.3 Å². The molecule has 0 aromatic heterocycles. The lowest BCUT2D eigenvalue weighted by Gasteiger charge is -2.03. The maximum absolute atomic E-state index is 10.6. The molecule has 0 amide bonds. The highest BCUT2D eigenvalue weighted by Crippen LogP contribution is 2.26. The first-order chi connectivity index (χ1) is 7.19. The van der Waals surface area contributed by atoms with Crippen molar-refractivity contribution in [2.24, 2.45) is 5.73 Å². The molecule has 0 saturated carbocycles. The second-order valence-corrected chi connectivity index (χ2v) is 3.08. The van der Waals surface area contributed by atoms with E-state index in [2.05, 4.69) is 17.5 Å². The third-order valence-electron chi connectivity index (χ3n) is 1.87. The summed E-state index contributed by atoms with van der Waals surface area (Å²) in [5, 5.41) is 10.6. The van der Waals surface area contributed by atoms with Gasteiger partial charge in [-0.25, -0.2) is 0 Å². The first-order valence-corrected chi connectivity index (χ1v) is 4.68. The number of nitrogens with one attached hydrogen (secondary N) is 1. The molecule has 0 saturated heterocycles. The monoisotopic (exact) mass is 225 g/mol. The van der Waals surface area contributed by atoms with Crippen molar-refractivity contribution in [1.82, 2.24) is 0 Å². The lowest BCUT2D eigenvalue weighted by atomic mass is 10.1. The Hall–Kier alpha value is -1.69. The molecule has 0 radical (unpaired) electrons. The summed E-state index contributed by atoms with van der Waals surface area (Å²) in [4.78, 5) is 10.1. The smallest absolute Gasteiger partial charge is 0.293 e. The van der Waals surface area contributed by atoms with E-state index in [4.69, 9.17) is 5.73 Å². The van der Waals surface area contributed by atoms with Crippen LogP contribution in [0.5, 0.6) is 0 Å². The van der Waals surface area contributed by atoms with Gasteiger partial charge in [0, 0.05) is 6.07 Å². The van der Waals surface area contributed by atoms with Gasteiger partial charge in [0.25, 0.3) is 5.69 Å². The topological polar surface area (TPSA) is 81.2 Å². The van der Waals surface area contributed by atoms with Gasteiger partial charge >= 0.3 is 0 Å². The number of allylic oxidation sites excluding steroid dienone is 1. The third-order valence-corrected chi connectivity index (χ3v) is 2.11. The van der Waals surface area contributed by atoms with Crippen LogP contribution in [0.2, 0.25) is 0 Å². The first kappa shape index (κ1) is 11.4. The predicted molar refractivity (Wildman–Crippen MR) is 62.7 cm³/mol. The number of hydrogen-bond acceptors (Lipinski definition) is 5. The molecule has 3 N–H and O–H groups in total. The molecule has 1 aromatic rings. The van der Waals surface area contributed by atoms with E-state index in [0.717, 1.165) is 5.56 Å². The number of anilines is 1. The second-order valence-electron chi connectivity index (χ2n) is 2.85.